The van der Waals surface area contributed by atoms with E-state index in [4.69, 9.17) is 9.47 Å². The molecule has 1 N–H and O–H groups in total. The van der Waals surface area contributed by atoms with Gasteiger partial charge < -0.3 is 19.7 Å². The van der Waals surface area contributed by atoms with Crippen LogP contribution in [0.4, 0.5) is 11.4 Å². The number of pyridine rings is 1. The minimum Gasteiger partial charge on any atom is -0.482 e. The molecule has 0 saturated heterocycles. The van der Waals surface area contributed by atoms with Crippen molar-refractivity contribution >= 4 is 23.2 Å². The Morgan fingerprint density at radius 2 is 1.97 bits per heavy atom. The van der Waals surface area contributed by atoms with Crippen molar-refractivity contribution in [1.29, 1.82) is 0 Å². The highest BCUT2D eigenvalue weighted by molar-refractivity contribution is 5.99. The van der Waals surface area contributed by atoms with Crippen molar-refractivity contribution in [2.45, 2.75) is 20.3 Å². The summed E-state index contributed by atoms with van der Waals surface area (Å²) in [5.74, 6) is 1.42. The lowest BCUT2D eigenvalue weighted by Gasteiger charge is -2.29. The minimum atomic E-state index is -0.207. The SMILES string of the molecule is Cc1ccc(Oc2ccc(NC(=O)CCN3C(=O)COc4ccccc43)cn2)cc1C. The van der Waals surface area contributed by atoms with Crippen LogP contribution >= 0.6 is 0 Å². The molecule has 0 saturated carbocycles. The molecule has 0 bridgehead atoms. The van der Waals surface area contributed by atoms with Crippen LogP contribution < -0.4 is 19.7 Å². The molecule has 0 spiro atoms. The predicted octanol–water partition coefficient (Wildman–Crippen LogP) is 4.24. The molecule has 1 aromatic heterocycles. The van der Waals surface area contributed by atoms with Gasteiger partial charge in [-0.3, -0.25) is 9.59 Å². The first-order chi connectivity index (χ1) is 15.0. The fraction of sp³-hybridized carbons (Fsp3) is 0.208. The van der Waals surface area contributed by atoms with Crippen LogP contribution in [-0.4, -0.2) is 29.9 Å². The third kappa shape index (κ3) is 4.83. The first kappa shape index (κ1) is 20.4. The highest BCUT2D eigenvalue weighted by atomic mass is 16.5. The molecule has 1 aliphatic rings. The number of rotatable bonds is 6. The van der Waals surface area contributed by atoms with Crippen molar-refractivity contribution in [3.05, 3.63) is 71.9 Å². The van der Waals surface area contributed by atoms with Crippen LogP contribution in [0, 0.1) is 13.8 Å². The number of benzene rings is 2. The number of carbonyl (C=O) groups excluding carboxylic acids is 2. The van der Waals surface area contributed by atoms with Gasteiger partial charge >= 0.3 is 0 Å². The Hall–Kier alpha value is -3.87. The Kier molecular flexibility index (Phi) is 5.84. The first-order valence-corrected chi connectivity index (χ1v) is 10.0. The van der Waals surface area contributed by atoms with Crippen molar-refractivity contribution < 1.29 is 19.1 Å². The summed E-state index contributed by atoms with van der Waals surface area (Å²) in [5, 5.41) is 2.80. The van der Waals surface area contributed by atoms with Crippen LogP contribution in [0.5, 0.6) is 17.4 Å². The van der Waals surface area contributed by atoms with Gasteiger partial charge in [-0.25, -0.2) is 4.98 Å². The van der Waals surface area contributed by atoms with Gasteiger partial charge in [0.2, 0.25) is 11.8 Å². The molecule has 7 nitrogen and oxygen atoms in total. The fourth-order valence-corrected chi connectivity index (χ4v) is 3.25. The van der Waals surface area contributed by atoms with Gasteiger partial charge in [0.1, 0.15) is 11.5 Å². The van der Waals surface area contributed by atoms with Gasteiger partial charge in [-0.15, -0.1) is 0 Å². The average Bonchev–Trinajstić information content (AvgIpc) is 2.77. The topological polar surface area (TPSA) is 80.8 Å². The van der Waals surface area contributed by atoms with E-state index in [-0.39, 0.29) is 31.4 Å². The molecule has 3 aromatic rings. The van der Waals surface area contributed by atoms with Crippen LogP contribution in [0.3, 0.4) is 0 Å². The number of fused-ring (bicyclic) bond motifs is 1. The number of nitrogens with one attached hydrogen (secondary N) is 1. The lowest BCUT2D eigenvalue weighted by Crippen LogP contribution is -2.40. The first-order valence-electron chi connectivity index (χ1n) is 10.0. The summed E-state index contributed by atoms with van der Waals surface area (Å²) in [6.45, 7) is 4.32. The Bertz CT molecular complexity index is 1110. The lowest BCUT2D eigenvalue weighted by atomic mass is 10.1. The maximum absolute atomic E-state index is 12.4. The van der Waals surface area contributed by atoms with Gasteiger partial charge in [-0.05, 0) is 55.3 Å². The zero-order valence-electron chi connectivity index (χ0n) is 17.4. The van der Waals surface area contributed by atoms with Gasteiger partial charge in [-0.1, -0.05) is 18.2 Å². The smallest absolute Gasteiger partial charge is 0.265 e. The van der Waals surface area contributed by atoms with E-state index in [9.17, 15) is 9.59 Å². The highest BCUT2D eigenvalue weighted by Gasteiger charge is 2.25. The molecule has 2 amide bonds. The predicted molar refractivity (Wildman–Crippen MR) is 118 cm³/mol. The average molecular weight is 417 g/mol. The van der Waals surface area contributed by atoms with E-state index in [0.29, 0.717) is 28.8 Å². The van der Waals surface area contributed by atoms with E-state index in [0.717, 1.165) is 5.56 Å². The molecule has 0 atom stereocenters. The van der Waals surface area contributed by atoms with Crippen LogP contribution in [0.25, 0.3) is 0 Å². The van der Waals surface area contributed by atoms with Crippen LogP contribution in [0.15, 0.2) is 60.8 Å². The second-order valence-electron chi connectivity index (χ2n) is 7.33. The summed E-state index contributed by atoms with van der Waals surface area (Å²) in [6, 6.07) is 16.6. The van der Waals surface area contributed by atoms with E-state index in [2.05, 4.69) is 10.3 Å². The van der Waals surface area contributed by atoms with Crippen LogP contribution in [0.2, 0.25) is 0 Å². The van der Waals surface area contributed by atoms with E-state index >= 15 is 0 Å². The van der Waals surface area contributed by atoms with Crippen molar-refractivity contribution in [1.82, 2.24) is 4.98 Å². The molecule has 2 aromatic carbocycles. The third-order valence-corrected chi connectivity index (χ3v) is 5.09. The number of ether oxygens (including phenoxy) is 2. The monoisotopic (exact) mass is 417 g/mol. The lowest BCUT2D eigenvalue weighted by molar-refractivity contribution is -0.121. The van der Waals surface area contributed by atoms with Crippen molar-refractivity contribution in [3.63, 3.8) is 0 Å². The number of aromatic nitrogens is 1. The number of anilines is 2. The molecule has 0 fully saturated rings. The van der Waals surface area contributed by atoms with Crippen molar-refractivity contribution in [3.8, 4) is 17.4 Å². The molecule has 1 aliphatic heterocycles. The maximum atomic E-state index is 12.4. The normalized spacial score (nSPS) is 12.7. The number of amides is 2. The van der Waals surface area contributed by atoms with Crippen LogP contribution in [-0.2, 0) is 9.59 Å². The van der Waals surface area contributed by atoms with Gasteiger partial charge in [-0.2, -0.15) is 0 Å². The van der Waals surface area contributed by atoms with Crippen LogP contribution in [0.1, 0.15) is 17.5 Å². The van der Waals surface area contributed by atoms with E-state index < -0.39 is 0 Å². The number of hydrogen-bond donors (Lipinski definition) is 1. The summed E-state index contributed by atoms with van der Waals surface area (Å²) in [4.78, 5) is 30.4. The Morgan fingerprint density at radius 1 is 1.13 bits per heavy atom. The Balaban J connectivity index is 1.33. The van der Waals surface area contributed by atoms with Gasteiger partial charge in [0, 0.05) is 19.0 Å². The zero-order valence-corrected chi connectivity index (χ0v) is 17.4. The van der Waals surface area contributed by atoms with Crippen molar-refractivity contribution in [2.24, 2.45) is 0 Å². The maximum Gasteiger partial charge on any atom is 0.265 e. The third-order valence-electron chi connectivity index (χ3n) is 5.09. The van der Waals surface area contributed by atoms with Gasteiger partial charge in [0.25, 0.3) is 5.91 Å². The number of nitrogens with zero attached hydrogens (tertiary/aromatic N) is 2. The van der Waals surface area contributed by atoms with Crippen molar-refractivity contribution in [2.75, 3.05) is 23.4 Å². The van der Waals surface area contributed by atoms with E-state index in [1.165, 1.54) is 5.56 Å². The molecule has 2 heterocycles. The Labute approximate surface area is 180 Å². The molecule has 7 heteroatoms. The highest BCUT2D eigenvalue weighted by Crippen LogP contribution is 2.31. The molecule has 0 aliphatic carbocycles. The molecule has 4 rings (SSSR count). The number of carbonyl (C=O) groups is 2. The number of hydrogen-bond acceptors (Lipinski definition) is 5. The second-order valence-corrected chi connectivity index (χ2v) is 7.33. The quantitative estimate of drug-likeness (QED) is 0.649. The molecule has 0 radical (unpaired) electrons. The summed E-state index contributed by atoms with van der Waals surface area (Å²) in [7, 11) is 0. The number of aryl methyl sites for hydroxylation is 2. The largest absolute Gasteiger partial charge is 0.482 e. The molecule has 158 valence electrons. The summed E-state index contributed by atoms with van der Waals surface area (Å²) >= 11 is 0. The van der Waals surface area contributed by atoms with E-state index in [1.807, 2.05) is 56.3 Å². The summed E-state index contributed by atoms with van der Waals surface area (Å²) in [6.07, 6.45) is 1.70. The Morgan fingerprint density at radius 3 is 2.74 bits per heavy atom. The molecule has 0 unspecified atom stereocenters. The summed E-state index contributed by atoms with van der Waals surface area (Å²) < 4.78 is 11.2. The molecular weight excluding hydrogens is 394 g/mol. The second kappa shape index (κ2) is 8.87. The summed E-state index contributed by atoms with van der Waals surface area (Å²) in [5.41, 5.74) is 3.58. The minimum absolute atomic E-state index is 0.0233. The fourth-order valence-electron chi connectivity index (χ4n) is 3.25. The number of para-hydroxylation sites is 2. The standard InChI is InChI=1S/C24H23N3O4/c1-16-7-9-19(13-17(16)2)31-23-10-8-18(14-25-23)26-22(28)11-12-27-20-5-3-4-6-21(20)30-15-24(27)29/h3-10,13-14H,11-12,15H2,1-2H3,(H,26,28). The molecule has 31 heavy (non-hydrogen) atoms. The van der Waals surface area contributed by atoms with E-state index in [1.54, 1.807) is 23.2 Å². The zero-order chi connectivity index (χ0) is 21.8. The molecular formula is C24H23N3O4. The van der Waals surface area contributed by atoms with Gasteiger partial charge in [0.15, 0.2) is 6.61 Å². The van der Waals surface area contributed by atoms with Gasteiger partial charge in [0.05, 0.1) is 17.6 Å².